The van der Waals surface area contributed by atoms with E-state index >= 15 is 0 Å². The highest BCUT2D eigenvalue weighted by molar-refractivity contribution is 7.13. The Hall–Kier alpha value is -3.31. The number of benzene rings is 2. The van der Waals surface area contributed by atoms with Gasteiger partial charge in [-0.3, -0.25) is 5.10 Å². The van der Waals surface area contributed by atoms with Gasteiger partial charge >= 0.3 is 0 Å². The number of methoxy groups -OCH3 is 2. The number of thiophene rings is 1. The number of ether oxygens (including phenoxy) is 2. The number of nitrogens with zero attached hydrogens (tertiary/aromatic N) is 1. The van der Waals surface area contributed by atoms with Crippen LogP contribution in [0.1, 0.15) is 22.4 Å². The standard InChI is InChI=1S/C25H22N2O2S/c1-28-19-9-5-17(6-10-19)25(18-7-11-20(29-2)12-8-18)14-13-21-22(16-25)26-27-24(21)23-4-3-15-30-23/h3-15H,16H2,1-2H3,(H,26,27). The van der Waals surface area contributed by atoms with E-state index in [4.69, 9.17) is 9.47 Å². The van der Waals surface area contributed by atoms with Crippen molar-refractivity contribution in [1.82, 2.24) is 10.2 Å². The minimum atomic E-state index is -0.301. The third-order valence-electron chi connectivity index (χ3n) is 5.84. The van der Waals surface area contributed by atoms with Gasteiger partial charge < -0.3 is 9.47 Å². The molecule has 5 rings (SSSR count). The van der Waals surface area contributed by atoms with Gasteiger partial charge in [-0.1, -0.05) is 42.5 Å². The monoisotopic (exact) mass is 414 g/mol. The molecule has 5 heteroatoms. The lowest BCUT2D eigenvalue weighted by molar-refractivity contribution is 0.414. The van der Waals surface area contributed by atoms with E-state index in [1.54, 1.807) is 25.6 Å². The minimum absolute atomic E-state index is 0.301. The van der Waals surface area contributed by atoms with Gasteiger partial charge in [-0.2, -0.15) is 5.10 Å². The fraction of sp³-hybridized carbons (Fsp3) is 0.160. The molecule has 0 fully saturated rings. The number of hydrogen-bond donors (Lipinski definition) is 1. The molecule has 1 aliphatic carbocycles. The van der Waals surface area contributed by atoms with Gasteiger partial charge in [-0.05, 0) is 46.8 Å². The van der Waals surface area contributed by atoms with E-state index in [2.05, 4.69) is 64.1 Å². The Morgan fingerprint density at radius 2 is 1.53 bits per heavy atom. The predicted octanol–water partition coefficient (Wildman–Crippen LogP) is 5.71. The van der Waals surface area contributed by atoms with Gasteiger partial charge in [0, 0.05) is 23.1 Å². The molecule has 0 bridgehead atoms. The van der Waals surface area contributed by atoms with Gasteiger partial charge in [0.25, 0.3) is 0 Å². The number of fused-ring (bicyclic) bond motifs is 1. The fourth-order valence-corrected chi connectivity index (χ4v) is 4.93. The summed E-state index contributed by atoms with van der Waals surface area (Å²) in [7, 11) is 3.38. The van der Waals surface area contributed by atoms with Crippen LogP contribution in [0.4, 0.5) is 0 Å². The van der Waals surface area contributed by atoms with Crippen molar-refractivity contribution in [1.29, 1.82) is 0 Å². The van der Waals surface area contributed by atoms with Crippen LogP contribution in [0.15, 0.2) is 72.1 Å². The zero-order valence-electron chi connectivity index (χ0n) is 16.9. The molecule has 0 radical (unpaired) electrons. The zero-order valence-corrected chi connectivity index (χ0v) is 17.7. The molecule has 2 heterocycles. The summed E-state index contributed by atoms with van der Waals surface area (Å²) in [5.41, 5.74) is 5.47. The number of nitrogens with one attached hydrogen (secondary N) is 1. The highest BCUT2D eigenvalue weighted by Gasteiger charge is 2.36. The summed E-state index contributed by atoms with van der Waals surface area (Å²) in [5, 5.41) is 10.0. The molecule has 0 amide bonds. The Bertz CT molecular complexity index is 1130. The molecule has 1 N–H and O–H groups in total. The highest BCUT2D eigenvalue weighted by Crippen LogP contribution is 2.44. The third-order valence-corrected chi connectivity index (χ3v) is 6.71. The van der Waals surface area contributed by atoms with E-state index in [9.17, 15) is 0 Å². The first-order valence-corrected chi connectivity index (χ1v) is 10.7. The van der Waals surface area contributed by atoms with Crippen LogP contribution in [0.5, 0.6) is 11.5 Å². The maximum atomic E-state index is 5.38. The molecule has 150 valence electrons. The number of hydrogen-bond acceptors (Lipinski definition) is 4. The highest BCUT2D eigenvalue weighted by atomic mass is 32.1. The van der Waals surface area contributed by atoms with E-state index in [0.29, 0.717) is 0 Å². The van der Waals surface area contributed by atoms with Gasteiger partial charge in [0.15, 0.2) is 0 Å². The quantitative estimate of drug-likeness (QED) is 0.455. The Labute approximate surface area is 179 Å². The lowest BCUT2D eigenvalue weighted by atomic mass is 9.68. The average Bonchev–Trinajstić information content (AvgIpc) is 3.48. The van der Waals surface area contributed by atoms with Gasteiger partial charge in [0.2, 0.25) is 0 Å². The fourth-order valence-electron chi connectivity index (χ4n) is 4.21. The average molecular weight is 415 g/mol. The smallest absolute Gasteiger partial charge is 0.118 e. The Morgan fingerprint density at radius 3 is 2.07 bits per heavy atom. The normalized spacial score (nSPS) is 14.3. The van der Waals surface area contributed by atoms with Crippen molar-refractivity contribution in [3.63, 3.8) is 0 Å². The van der Waals surface area contributed by atoms with Crippen LogP contribution in [0.2, 0.25) is 0 Å². The summed E-state index contributed by atoms with van der Waals surface area (Å²) in [6.07, 6.45) is 5.33. The number of rotatable bonds is 5. The second kappa shape index (κ2) is 7.50. The van der Waals surface area contributed by atoms with Gasteiger partial charge in [0.1, 0.15) is 17.2 Å². The molecule has 0 atom stereocenters. The molecule has 0 spiro atoms. The number of aromatic nitrogens is 2. The maximum absolute atomic E-state index is 5.38. The Kier molecular flexibility index (Phi) is 4.68. The Morgan fingerprint density at radius 1 is 0.900 bits per heavy atom. The molecule has 0 saturated heterocycles. The van der Waals surface area contributed by atoms with Crippen molar-refractivity contribution in [2.75, 3.05) is 14.2 Å². The van der Waals surface area contributed by atoms with Crippen LogP contribution in [-0.2, 0) is 11.8 Å². The Balaban J connectivity index is 1.63. The molecule has 0 aliphatic heterocycles. The topological polar surface area (TPSA) is 47.1 Å². The predicted molar refractivity (Wildman–Crippen MR) is 121 cm³/mol. The molecule has 4 nitrogen and oxygen atoms in total. The van der Waals surface area contributed by atoms with Crippen LogP contribution in [0, 0.1) is 0 Å². The van der Waals surface area contributed by atoms with E-state index in [0.717, 1.165) is 29.3 Å². The number of allylic oxidation sites excluding steroid dienone is 1. The minimum Gasteiger partial charge on any atom is -0.497 e. The van der Waals surface area contributed by atoms with Crippen LogP contribution >= 0.6 is 11.3 Å². The van der Waals surface area contributed by atoms with Crippen LogP contribution in [0.3, 0.4) is 0 Å². The van der Waals surface area contributed by atoms with Crippen molar-refractivity contribution in [3.05, 3.63) is 94.5 Å². The summed E-state index contributed by atoms with van der Waals surface area (Å²) in [4.78, 5) is 1.18. The molecule has 1 aliphatic rings. The second-order valence-corrected chi connectivity index (χ2v) is 8.33. The van der Waals surface area contributed by atoms with Gasteiger partial charge in [-0.15, -0.1) is 11.3 Å². The summed E-state index contributed by atoms with van der Waals surface area (Å²) in [6, 6.07) is 20.9. The molecule has 0 unspecified atom stereocenters. The summed E-state index contributed by atoms with van der Waals surface area (Å²) >= 11 is 1.71. The summed E-state index contributed by atoms with van der Waals surface area (Å²) in [6.45, 7) is 0. The molecular weight excluding hydrogens is 392 g/mol. The van der Waals surface area contributed by atoms with E-state index in [1.807, 2.05) is 24.3 Å². The van der Waals surface area contributed by atoms with Crippen LogP contribution in [0.25, 0.3) is 16.6 Å². The van der Waals surface area contributed by atoms with Crippen molar-refractivity contribution < 1.29 is 9.47 Å². The van der Waals surface area contributed by atoms with Crippen molar-refractivity contribution in [2.24, 2.45) is 0 Å². The lowest BCUT2D eigenvalue weighted by Crippen LogP contribution is -2.30. The molecule has 30 heavy (non-hydrogen) atoms. The maximum Gasteiger partial charge on any atom is 0.118 e. The molecule has 2 aromatic carbocycles. The third kappa shape index (κ3) is 3.02. The van der Waals surface area contributed by atoms with Gasteiger partial charge in [0.05, 0.1) is 19.1 Å². The number of aromatic amines is 1. The SMILES string of the molecule is COc1ccc(C2(c3ccc(OC)cc3)C=Cc3c(-c4cccs4)n[nH]c3C2)cc1. The molecular formula is C25H22N2O2S. The van der Waals surface area contributed by atoms with Crippen LogP contribution < -0.4 is 9.47 Å². The first kappa shape index (κ1) is 18.7. The largest absolute Gasteiger partial charge is 0.497 e. The van der Waals surface area contributed by atoms with E-state index in [-0.39, 0.29) is 5.41 Å². The van der Waals surface area contributed by atoms with Gasteiger partial charge in [-0.25, -0.2) is 0 Å². The van der Waals surface area contributed by atoms with E-state index in [1.165, 1.54) is 21.6 Å². The van der Waals surface area contributed by atoms with Crippen molar-refractivity contribution in [2.45, 2.75) is 11.8 Å². The number of H-pyrrole nitrogens is 1. The van der Waals surface area contributed by atoms with E-state index < -0.39 is 0 Å². The first-order chi connectivity index (χ1) is 14.7. The summed E-state index contributed by atoms with van der Waals surface area (Å²) in [5.74, 6) is 1.70. The summed E-state index contributed by atoms with van der Waals surface area (Å²) < 4.78 is 10.8. The van der Waals surface area contributed by atoms with Crippen molar-refractivity contribution >= 4 is 17.4 Å². The van der Waals surface area contributed by atoms with Crippen LogP contribution in [-0.4, -0.2) is 24.4 Å². The zero-order chi connectivity index (χ0) is 20.6. The lowest BCUT2D eigenvalue weighted by Gasteiger charge is -2.34. The molecule has 4 aromatic rings. The second-order valence-electron chi connectivity index (χ2n) is 7.38. The molecule has 0 saturated carbocycles. The van der Waals surface area contributed by atoms with Crippen molar-refractivity contribution in [3.8, 4) is 22.1 Å². The molecule has 2 aromatic heterocycles. The first-order valence-electron chi connectivity index (χ1n) is 9.83.